The SMILES string of the molecule is CNCCNC(=O)C12CC3CC(CC(C)(C3)C1)C2. The molecule has 4 saturated carbocycles. The molecule has 4 rings (SSSR count). The molecule has 0 saturated heterocycles. The Labute approximate surface area is 110 Å². The summed E-state index contributed by atoms with van der Waals surface area (Å²) in [5.74, 6) is 2.00. The molecule has 3 nitrogen and oxygen atoms in total. The molecule has 0 aromatic rings. The Bertz CT molecular complexity index is 338. The molecule has 0 heterocycles. The smallest absolute Gasteiger partial charge is 0.226 e. The Morgan fingerprint density at radius 1 is 1.17 bits per heavy atom. The van der Waals surface area contributed by atoms with Gasteiger partial charge in [-0.2, -0.15) is 0 Å². The number of carbonyl (C=O) groups excluding carboxylic acids is 1. The van der Waals surface area contributed by atoms with Crippen molar-refractivity contribution in [1.82, 2.24) is 10.6 Å². The summed E-state index contributed by atoms with van der Waals surface area (Å²) in [6.07, 6.45) is 7.58. The van der Waals surface area contributed by atoms with Crippen LogP contribution >= 0.6 is 0 Å². The maximum atomic E-state index is 12.6. The summed E-state index contributed by atoms with van der Waals surface area (Å²) >= 11 is 0. The van der Waals surface area contributed by atoms with Crippen LogP contribution < -0.4 is 10.6 Å². The van der Waals surface area contributed by atoms with Gasteiger partial charge in [-0.15, -0.1) is 0 Å². The van der Waals surface area contributed by atoms with Crippen molar-refractivity contribution in [3.8, 4) is 0 Å². The van der Waals surface area contributed by atoms with Crippen molar-refractivity contribution in [2.24, 2.45) is 22.7 Å². The van der Waals surface area contributed by atoms with E-state index in [1.165, 1.54) is 19.3 Å². The fourth-order valence-electron chi connectivity index (χ4n) is 5.47. The van der Waals surface area contributed by atoms with Crippen molar-refractivity contribution in [1.29, 1.82) is 0 Å². The molecule has 102 valence electrons. The monoisotopic (exact) mass is 250 g/mol. The zero-order chi connectivity index (χ0) is 12.8. The van der Waals surface area contributed by atoms with Crippen LogP contribution in [0.1, 0.15) is 45.4 Å². The van der Waals surface area contributed by atoms with Crippen molar-refractivity contribution in [2.45, 2.75) is 45.4 Å². The van der Waals surface area contributed by atoms with Crippen LogP contribution in [0.3, 0.4) is 0 Å². The molecular formula is C15H26N2O. The molecule has 18 heavy (non-hydrogen) atoms. The van der Waals surface area contributed by atoms with E-state index in [0.717, 1.165) is 44.2 Å². The van der Waals surface area contributed by atoms with E-state index in [2.05, 4.69) is 17.6 Å². The van der Waals surface area contributed by atoms with Crippen LogP contribution in [0.5, 0.6) is 0 Å². The second kappa shape index (κ2) is 4.22. The van der Waals surface area contributed by atoms with Crippen molar-refractivity contribution in [3.63, 3.8) is 0 Å². The van der Waals surface area contributed by atoms with E-state index in [-0.39, 0.29) is 5.41 Å². The lowest BCUT2D eigenvalue weighted by Gasteiger charge is -2.60. The summed E-state index contributed by atoms with van der Waals surface area (Å²) in [7, 11) is 1.93. The van der Waals surface area contributed by atoms with Crippen molar-refractivity contribution in [3.05, 3.63) is 0 Å². The minimum absolute atomic E-state index is 0.00737. The topological polar surface area (TPSA) is 41.1 Å². The first-order chi connectivity index (χ1) is 8.55. The number of carbonyl (C=O) groups is 1. The third-order valence-corrected chi connectivity index (χ3v) is 5.50. The fourth-order valence-corrected chi connectivity index (χ4v) is 5.47. The van der Waals surface area contributed by atoms with Gasteiger partial charge in [-0.1, -0.05) is 6.92 Å². The van der Waals surface area contributed by atoms with Gasteiger partial charge in [-0.05, 0) is 62.8 Å². The first-order valence-corrected chi connectivity index (χ1v) is 7.48. The molecule has 4 aliphatic carbocycles. The van der Waals surface area contributed by atoms with Gasteiger partial charge in [0, 0.05) is 13.1 Å². The lowest BCUT2D eigenvalue weighted by molar-refractivity contribution is -0.155. The highest BCUT2D eigenvalue weighted by Gasteiger charge is 2.58. The molecule has 2 unspecified atom stereocenters. The molecule has 4 aliphatic rings. The highest BCUT2D eigenvalue weighted by Crippen LogP contribution is 2.65. The number of hydrogen-bond acceptors (Lipinski definition) is 2. The highest BCUT2D eigenvalue weighted by atomic mass is 16.2. The van der Waals surface area contributed by atoms with E-state index in [0.29, 0.717) is 11.3 Å². The molecular weight excluding hydrogens is 224 g/mol. The highest BCUT2D eigenvalue weighted by molar-refractivity contribution is 5.83. The molecule has 2 atom stereocenters. The van der Waals surface area contributed by atoms with Gasteiger partial charge in [-0.3, -0.25) is 4.79 Å². The van der Waals surface area contributed by atoms with Crippen LogP contribution in [0, 0.1) is 22.7 Å². The molecule has 0 spiro atoms. The molecule has 0 aromatic heterocycles. The average molecular weight is 250 g/mol. The van der Waals surface area contributed by atoms with Gasteiger partial charge in [0.1, 0.15) is 0 Å². The fraction of sp³-hybridized carbons (Fsp3) is 0.933. The van der Waals surface area contributed by atoms with Gasteiger partial charge in [0.15, 0.2) is 0 Å². The van der Waals surface area contributed by atoms with Crippen LogP contribution in [-0.4, -0.2) is 26.0 Å². The van der Waals surface area contributed by atoms with Gasteiger partial charge in [0.25, 0.3) is 0 Å². The van der Waals surface area contributed by atoms with Crippen molar-refractivity contribution in [2.75, 3.05) is 20.1 Å². The molecule has 0 aromatic carbocycles. The summed E-state index contributed by atoms with van der Waals surface area (Å²) in [4.78, 5) is 12.6. The summed E-state index contributed by atoms with van der Waals surface area (Å²) in [5.41, 5.74) is 0.455. The molecule has 4 bridgehead atoms. The van der Waals surface area contributed by atoms with Crippen LogP contribution in [-0.2, 0) is 4.79 Å². The number of rotatable bonds is 4. The lowest BCUT2D eigenvalue weighted by atomic mass is 9.44. The summed E-state index contributed by atoms with van der Waals surface area (Å²) < 4.78 is 0. The maximum absolute atomic E-state index is 12.6. The lowest BCUT2D eigenvalue weighted by Crippen LogP contribution is -2.57. The van der Waals surface area contributed by atoms with Gasteiger partial charge < -0.3 is 10.6 Å². The molecule has 1 amide bonds. The van der Waals surface area contributed by atoms with E-state index in [4.69, 9.17) is 0 Å². The average Bonchev–Trinajstić information content (AvgIpc) is 2.25. The first kappa shape index (κ1) is 12.5. The second-order valence-corrected chi connectivity index (χ2v) is 7.41. The van der Waals surface area contributed by atoms with Crippen molar-refractivity contribution < 1.29 is 4.79 Å². The maximum Gasteiger partial charge on any atom is 0.226 e. The van der Waals surface area contributed by atoms with Gasteiger partial charge in [-0.25, -0.2) is 0 Å². The standard InChI is InChI=1S/C15H26N2O/c1-14-6-11-5-12(7-14)9-15(8-11,10-14)13(18)17-4-3-16-2/h11-12,16H,3-10H2,1-2H3,(H,17,18). The quantitative estimate of drug-likeness (QED) is 0.749. The molecule has 2 N–H and O–H groups in total. The Kier molecular flexibility index (Phi) is 2.92. The molecule has 3 heteroatoms. The van der Waals surface area contributed by atoms with Crippen LogP contribution in [0.25, 0.3) is 0 Å². The third-order valence-electron chi connectivity index (χ3n) is 5.50. The minimum Gasteiger partial charge on any atom is -0.354 e. The third kappa shape index (κ3) is 1.97. The zero-order valence-electron chi connectivity index (χ0n) is 11.7. The Balaban J connectivity index is 1.72. The number of hydrogen-bond donors (Lipinski definition) is 2. The summed E-state index contributed by atoms with van der Waals surface area (Å²) in [5, 5.41) is 6.25. The number of amides is 1. The Hall–Kier alpha value is -0.570. The van der Waals surface area contributed by atoms with Gasteiger partial charge in [0.2, 0.25) is 5.91 Å². The number of likely N-dealkylation sites (N-methyl/N-ethyl adjacent to an activating group) is 1. The van der Waals surface area contributed by atoms with E-state index in [9.17, 15) is 4.79 Å². The van der Waals surface area contributed by atoms with Crippen LogP contribution in [0.2, 0.25) is 0 Å². The predicted octanol–water partition coefficient (Wildman–Crippen LogP) is 1.93. The zero-order valence-corrected chi connectivity index (χ0v) is 11.7. The van der Waals surface area contributed by atoms with E-state index >= 15 is 0 Å². The summed E-state index contributed by atoms with van der Waals surface area (Å²) in [6, 6.07) is 0. The van der Waals surface area contributed by atoms with Crippen molar-refractivity contribution >= 4 is 5.91 Å². The molecule has 4 fully saturated rings. The Morgan fingerprint density at radius 3 is 2.39 bits per heavy atom. The van der Waals surface area contributed by atoms with Crippen LogP contribution in [0.15, 0.2) is 0 Å². The van der Waals surface area contributed by atoms with E-state index in [1.54, 1.807) is 0 Å². The van der Waals surface area contributed by atoms with E-state index < -0.39 is 0 Å². The Morgan fingerprint density at radius 2 is 1.83 bits per heavy atom. The second-order valence-electron chi connectivity index (χ2n) is 7.41. The summed E-state index contributed by atoms with van der Waals surface area (Å²) in [6.45, 7) is 4.05. The molecule has 0 aliphatic heterocycles. The minimum atomic E-state index is -0.00737. The van der Waals surface area contributed by atoms with Gasteiger partial charge >= 0.3 is 0 Å². The van der Waals surface area contributed by atoms with E-state index in [1.807, 2.05) is 7.05 Å². The normalized spacial score (nSPS) is 45.2. The number of nitrogens with one attached hydrogen (secondary N) is 2. The predicted molar refractivity (Wildman–Crippen MR) is 72.2 cm³/mol. The van der Waals surface area contributed by atoms with Gasteiger partial charge in [0.05, 0.1) is 5.41 Å². The largest absolute Gasteiger partial charge is 0.354 e. The molecule has 0 radical (unpaired) electrons. The van der Waals surface area contributed by atoms with Crippen LogP contribution in [0.4, 0.5) is 0 Å². The first-order valence-electron chi connectivity index (χ1n) is 7.48.